The minimum atomic E-state index is 0. The monoisotopic (exact) mass is 710 g/mol. The van der Waals surface area contributed by atoms with Crippen molar-refractivity contribution in [2.45, 2.75) is 13.8 Å². The van der Waals surface area contributed by atoms with Crippen LogP contribution in [0.15, 0.2) is 194 Å². The van der Waals surface area contributed by atoms with Gasteiger partial charge in [-0.1, -0.05) is 120 Å². The van der Waals surface area contributed by atoms with Gasteiger partial charge in [-0.3, -0.25) is 9.97 Å². The summed E-state index contributed by atoms with van der Waals surface area (Å²) >= 11 is 0. The number of fused-ring (bicyclic) bond motifs is 2. The van der Waals surface area contributed by atoms with Crippen LogP contribution in [0.3, 0.4) is 0 Å². The van der Waals surface area contributed by atoms with Crippen LogP contribution in [0.2, 0.25) is 0 Å². The molecule has 6 heteroatoms. The molecule has 2 N–H and O–H groups in total. The van der Waals surface area contributed by atoms with Crippen molar-refractivity contribution >= 4 is 33.2 Å². The van der Waals surface area contributed by atoms with E-state index in [1.54, 1.807) is 24.5 Å². The number of aryl methyl sites for hydroxylation is 2. The van der Waals surface area contributed by atoms with E-state index in [-0.39, 0.29) is 34.1 Å². The molecular formula is C42H40Mn2N4. The van der Waals surface area contributed by atoms with E-state index in [2.05, 4.69) is 48.1 Å². The summed E-state index contributed by atoms with van der Waals surface area (Å²) in [4.78, 5) is 8.19. The standard InChI is InChI=1S/2C9H7N2.2C7H8.2C5H5.2Mn/c2*10-8-5-1-3-7-4-2-6-11-9(7)8;2*1-7-5-3-2-4-6-7;2*1-2-4-5-3-1;;/h2*1-6,10H;2*2-6H,1H3;2*1-5H;;/q2*-1;;;2*-1;2*+2. The van der Waals surface area contributed by atoms with E-state index in [0.29, 0.717) is 11.4 Å². The first-order valence-corrected chi connectivity index (χ1v) is 15.0. The Bertz CT molecular complexity index is 1690. The maximum absolute atomic E-state index is 7.50. The largest absolute Gasteiger partial charge is 2.00 e. The Morgan fingerprint density at radius 3 is 0.979 bits per heavy atom. The number of rotatable bonds is 0. The van der Waals surface area contributed by atoms with Crippen LogP contribution in [-0.2, 0) is 34.1 Å². The minimum absolute atomic E-state index is 0. The molecule has 0 amide bonds. The molecular weight excluding hydrogens is 670 g/mol. The molecule has 0 saturated heterocycles. The van der Waals surface area contributed by atoms with Gasteiger partial charge in [0.1, 0.15) is 0 Å². The van der Waals surface area contributed by atoms with E-state index in [1.807, 2.05) is 146 Å². The predicted octanol–water partition coefficient (Wildman–Crippen LogP) is 12.6. The van der Waals surface area contributed by atoms with E-state index in [4.69, 9.17) is 11.5 Å². The van der Waals surface area contributed by atoms with E-state index < -0.39 is 0 Å². The summed E-state index contributed by atoms with van der Waals surface area (Å²) in [5.74, 6) is 0. The van der Waals surface area contributed by atoms with Crippen molar-refractivity contribution in [3.05, 3.63) is 217 Å². The third-order valence-corrected chi connectivity index (χ3v) is 6.26. The molecule has 0 aliphatic heterocycles. The van der Waals surface area contributed by atoms with Crippen LogP contribution in [0.25, 0.3) is 33.3 Å². The number of hydrogen-bond donors (Lipinski definition) is 0. The van der Waals surface area contributed by atoms with Crippen LogP contribution in [0, 0.1) is 13.8 Å². The molecule has 8 rings (SSSR count). The van der Waals surface area contributed by atoms with Gasteiger partial charge < -0.3 is 11.5 Å². The van der Waals surface area contributed by atoms with Gasteiger partial charge in [0.2, 0.25) is 0 Å². The number of aromatic nitrogens is 2. The fourth-order valence-corrected chi connectivity index (χ4v) is 3.92. The maximum Gasteiger partial charge on any atom is 2.00 e. The number of nitrogens with one attached hydrogen (secondary N) is 2. The Morgan fingerprint density at radius 1 is 0.396 bits per heavy atom. The van der Waals surface area contributed by atoms with Crippen molar-refractivity contribution in [3.8, 4) is 0 Å². The first-order chi connectivity index (χ1) is 22.5. The zero-order chi connectivity index (χ0) is 32.7. The molecule has 0 aliphatic carbocycles. The Hall–Kier alpha value is -4.96. The van der Waals surface area contributed by atoms with Crippen molar-refractivity contribution in [2.24, 2.45) is 0 Å². The second-order valence-corrected chi connectivity index (χ2v) is 10.00. The summed E-state index contributed by atoms with van der Waals surface area (Å²) in [7, 11) is 0. The van der Waals surface area contributed by atoms with Gasteiger partial charge in [-0.15, -0.1) is 11.4 Å². The van der Waals surface area contributed by atoms with Gasteiger partial charge in [-0.2, -0.15) is 36.4 Å². The Labute approximate surface area is 306 Å². The molecule has 0 saturated carbocycles. The molecule has 0 fully saturated rings. The topological polar surface area (TPSA) is 73.4 Å². The number of pyridine rings is 2. The van der Waals surface area contributed by atoms with Gasteiger partial charge in [0.05, 0.1) is 11.0 Å². The molecule has 2 heterocycles. The van der Waals surface area contributed by atoms with Crippen LogP contribution < -0.4 is 0 Å². The Kier molecular flexibility index (Phi) is 21.5. The maximum atomic E-state index is 7.50. The first kappa shape index (κ1) is 41.1. The molecule has 6 aromatic carbocycles. The SMILES string of the molecule is Cc1ccccc1.Cc1ccccc1.[Mn+2].[Mn+2].[NH-]c1cccc2cccnc12.[NH-]c1cccc2cccnc12.c1cc[cH-]c1.c1cc[cH-]c1. The summed E-state index contributed by atoms with van der Waals surface area (Å²) < 4.78 is 0. The average molecular weight is 711 g/mol. The quantitative estimate of drug-likeness (QED) is 0.116. The van der Waals surface area contributed by atoms with Crippen LogP contribution >= 0.6 is 0 Å². The van der Waals surface area contributed by atoms with Crippen molar-refractivity contribution in [1.82, 2.24) is 9.97 Å². The van der Waals surface area contributed by atoms with Gasteiger partial charge in [-0.05, 0) is 36.8 Å². The van der Waals surface area contributed by atoms with Crippen LogP contribution in [0.1, 0.15) is 11.1 Å². The van der Waals surface area contributed by atoms with Crippen LogP contribution in [0.5, 0.6) is 0 Å². The van der Waals surface area contributed by atoms with E-state index in [0.717, 1.165) is 21.8 Å². The summed E-state index contributed by atoms with van der Waals surface area (Å²) in [6, 6.07) is 59.3. The summed E-state index contributed by atoms with van der Waals surface area (Å²) in [5.41, 5.74) is 20.2. The molecule has 242 valence electrons. The number of benzene rings is 4. The fraction of sp³-hybridized carbons (Fsp3) is 0.0476. The normalized spacial score (nSPS) is 8.88. The van der Waals surface area contributed by atoms with Crippen molar-refractivity contribution < 1.29 is 34.1 Å². The first-order valence-electron chi connectivity index (χ1n) is 15.0. The van der Waals surface area contributed by atoms with Crippen LogP contribution in [-0.4, -0.2) is 9.97 Å². The third kappa shape index (κ3) is 16.6. The van der Waals surface area contributed by atoms with E-state index >= 15 is 0 Å². The summed E-state index contributed by atoms with van der Waals surface area (Å²) in [5, 5.41) is 2.06. The second-order valence-electron chi connectivity index (χ2n) is 10.00. The average Bonchev–Trinajstić information content (AvgIpc) is 3.88. The number of nitrogens with zero attached hydrogens (tertiary/aromatic N) is 2. The van der Waals surface area contributed by atoms with Gasteiger partial charge in [0, 0.05) is 12.4 Å². The fourth-order valence-electron chi connectivity index (χ4n) is 3.92. The molecule has 4 nitrogen and oxygen atoms in total. The summed E-state index contributed by atoms with van der Waals surface area (Å²) in [6.45, 7) is 4.17. The van der Waals surface area contributed by atoms with Gasteiger partial charge in [0.25, 0.3) is 0 Å². The van der Waals surface area contributed by atoms with Gasteiger partial charge in [0.15, 0.2) is 0 Å². The van der Waals surface area contributed by atoms with Gasteiger partial charge >= 0.3 is 34.1 Å². The molecule has 0 aliphatic rings. The van der Waals surface area contributed by atoms with Crippen molar-refractivity contribution in [1.29, 1.82) is 0 Å². The van der Waals surface area contributed by atoms with E-state index in [1.165, 1.54) is 11.1 Å². The molecule has 0 spiro atoms. The third-order valence-electron chi connectivity index (χ3n) is 6.26. The Morgan fingerprint density at radius 2 is 0.729 bits per heavy atom. The predicted molar refractivity (Wildman–Crippen MR) is 198 cm³/mol. The molecule has 2 aromatic heterocycles. The van der Waals surface area contributed by atoms with Crippen molar-refractivity contribution in [3.63, 3.8) is 0 Å². The van der Waals surface area contributed by atoms with Crippen molar-refractivity contribution in [2.75, 3.05) is 0 Å². The molecule has 48 heavy (non-hydrogen) atoms. The molecule has 2 radical (unpaired) electrons. The summed E-state index contributed by atoms with van der Waals surface area (Å²) in [6.07, 6.45) is 3.42. The number of para-hydroxylation sites is 2. The molecule has 8 aromatic rings. The van der Waals surface area contributed by atoms with E-state index in [9.17, 15) is 0 Å². The molecule has 0 unspecified atom stereocenters. The van der Waals surface area contributed by atoms with Gasteiger partial charge in [-0.25, -0.2) is 24.3 Å². The zero-order valence-corrected chi connectivity index (χ0v) is 29.5. The van der Waals surface area contributed by atoms with Crippen LogP contribution in [0.4, 0.5) is 11.4 Å². The minimum Gasteiger partial charge on any atom is -0.697 e. The molecule has 0 atom stereocenters. The smallest absolute Gasteiger partial charge is 0.697 e. The zero-order valence-electron chi connectivity index (χ0n) is 27.1. The molecule has 0 bridgehead atoms. The second kappa shape index (κ2) is 25.2. The Balaban J connectivity index is 0.000000293. The number of hydrogen-bond acceptors (Lipinski definition) is 2.